The van der Waals surface area contributed by atoms with Crippen molar-refractivity contribution in [2.75, 3.05) is 0 Å². The standard InChI is InChI=1S/C13H22O/c1-10(2)6-9-13(7-5-8-13)12(14)11(3)4/h6,11H,5,7-9H2,1-4H3. The van der Waals surface area contributed by atoms with E-state index in [9.17, 15) is 4.79 Å². The minimum Gasteiger partial charge on any atom is -0.299 e. The summed E-state index contributed by atoms with van der Waals surface area (Å²) in [5.41, 5.74) is 1.35. The van der Waals surface area contributed by atoms with Crippen molar-refractivity contribution in [3.05, 3.63) is 11.6 Å². The quantitative estimate of drug-likeness (QED) is 0.623. The lowest BCUT2D eigenvalue weighted by Crippen LogP contribution is -2.40. The summed E-state index contributed by atoms with van der Waals surface area (Å²) in [5, 5.41) is 0. The number of allylic oxidation sites excluding steroid dienone is 2. The molecule has 0 spiro atoms. The van der Waals surface area contributed by atoms with Crippen LogP contribution in [0.25, 0.3) is 0 Å². The molecule has 80 valence electrons. The normalized spacial score (nSPS) is 18.9. The fourth-order valence-electron chi connectivity index (χ4n) is 2.17. The summed E-state index contributed by atoms with van der Waals surface area (Å²) < 4.78 is 0. The zero-order valence-corrected chi connectivity index (χ0v) is 9.89. The van der Waals surface area contributed by atoms with Crippen LogP contribution < -0.4 is 0 Å². The third-order valence-electron chi connectivity index (χ3n) is 3.26. The summed E-state index contributed by atoms with van der Waals surface area (Å²) in [6.07, 6.45) is 6.63. The first kappa shape index (κ1) is 11.5. The summed E-state index contributed by atoms with van der Waals surface area (Å²) in [7, 11) is 0. The molecule has 0 amide bonds. The van der Waals surface area contributed by atoms with Gasteiger partial charge in [-0.05, 0) is 33.1 Å². The number of hydrogen-bond donors (Lipinski definition) is 0. The molecule has 0 heterocycles. The van der Waals surface area contributed by atoms with Gasteiger partial charge in [0.1, 0.15) is 5.78 Å². The van der Waals surface area contributed by atoms with Gasteiger partial charge in [0.15, 0.2) is 0 Å². The fourth-order valence-corrected chi connectivity index (χ4v) is 2.17. The first-order valence-electron chi connectivity index (χ1n) is 5.66. The van der Waals surface area contributed by atoms with Crippen molar-refractivity contribution in [2.45, 2.75) is 53.4 Å². The minimum absolute atomic E-state index is 0.0193. The molecule has 0 aromatic carbocycles. The Kier molecular flexibility index (Phi) is 3.52. The van der Waals surface area contributed by atoms with Crippen LogP contribution in [0.3, 0.4) is 0 Å². The molecule has 1 heteroatoms. The topological polar surface area (TPSA) is 17.1 Å². The maximum Gasteiger partial charge on any atom is 0.141 e. The van der Waals surface area contributed by atoms with Crippen molar-refractivity contribution in [3.8, 4) is 0 Å². The predicted octanol–water partition coefficient (Wildman–Crippen LogP) is 3.74. The Morgan fingerprint density at radius 2 is 1.93 bits per heavy atom. The van der Waals surface area contributed by atoms with Gasteiger partial charge in [0, 0.05) is 11.3 Å². The summed E-state index contributed by atoms with van der Waals surface area (Å²) in [5.74, 6) is 0.669. The molecule has 0 aromatic rings. The smallest absolute Gasteiger partial charge is 0.141 e. The third kappa shape index (κ3) is 2.26. The first-order chi connectivity index (χ1) is 6.48. The maximum absolute atomic E-state index is 12.0. The third-order valence-corrected chi connectivity index (χ3v) is 3.26. The molecule has 0 unspecified atom stereocenters. The molecule has 1 fully saturated rings. The lowest BCUT2D eigenvalue weighted by molar-refractivity contribution is -0.136. The van der Waals surface area contributed by atoms with Crippen molar-refractivity contribution < 1.29 is 4.79 Å². The molecule has 0 aliphatic heterocycles. The van der Waals surface area contributed by atoms with E-state index in [1.54, 1.807) is 0 Å². The highest BCUT2D eigenvalue weighted by Gasteiger charge is 2.43. The van der Waals surface area contributed by atoms with E-state index >= 15 is 0 Å². The Balaban J connectivity index is 2.67. The predicted molar refractivity (Wildman–Crippen MR) is 60.2 cm³/mol. The molecule has 0 bridgehead atoms. The van der Waals surface area contributed by atoms with Gasteiger partial charge < -0.3 is 0 Å². The summed E-state index contributed by atoms with van der Waals surface area (Å²) >= 11 is 0. The zero-order chi connectivity index (χ0) is 10.8. The van der Waals surface area contributed by atoms with Crippen LogP contribution in [0.2, 0.25) is 0 Å². The van der Waals surface area contributed by atoms with E-state index in [0.717, 1.165) is 19.3 Å². The Morgan fingerprint density at radius 3 is 2.21 bits per heavy atom. The summed E-state index contributed by atoms with van der Waals surface area (Å²) in [6, 6.07) is 0. The van der Waals surface area contributed by atoms with Gasteiger partial charge in [-0.2, -0.15) is 0 Å². The lowest BCUT2D eigenvalue weighted by Gasteiger charge is -2.41. The maximum atomic E-state index is 12.0. The molecule has 1 nitrogen and oxygen atoms in total. The van der Waals surface area contributed by atoms with Crippen molar-refractivity contribution in [1.29, 1.82) is 0 Å². The highest BCUT2D eigenvalue weighted by atomic mass is 16.1. The SMILES string of the molecule is CC(C)=CCC1(C(=O)C(C)C)CCC1. The van der Waals surface area contributed by atoms with Crippen LogP contribution in [0.4, 0.5) is 0 Å². The summed E-state index contributed by atoms with van der Waals surface area (Å²) in [4.78, 5) is 12.0. The molecule has 1 aliphatic carbocycles. The van der Waals surface area contributed by atoms with Gasteiger partial charge in [-0.3, -0.25) is 4.79 Å². The summed E-state index contributed by atoms with van der Waals surface area (Å²) in [6.45, 7) is 8.24. The van der Waals surface area contributed by atoms with Crippen LogP contribution in [0.1, 0.15) is 53.4 Å². The van der Waals surface area contributed by atoms with Crippen molar-refractivity contribution in [2.24, 2.45) is 11.3 Å². The number of hydrogen-bond acceptors (Lipinski definition) is 1. The number of Topliss-reactive ketones (excluding diaryl/α,β-unsaturated/α-hetero) is 1. The van der Waals surface area contributed by atoms with E-state index in [1.807, 2.05) is 13.8 Å². The largest absolute Gasteiger partial charge is 0.299 e. The van der Waals surface area contributed by atoms with E-state index in [1.165, 1.54) is 12.0 Å². The molecule has 0 radical (unpaired) electrons. The molecule has 0 saturated heterocycles. The Hall–Kier alpha value is -0.590. The van der Waals surface area contributed by atoms with Gasteiger partial charge in [0.2, 0.25) is 0 Å². The van der Waals surface area contributed by atoms with Crippen LogP contribution in [0.5, 0.6) is 0 Å². The van der Waals surface area contributed by atoms with E-state index in [0.29, 0.717) is 5.78 Å². The fraction of sp³-hybridized carbons (Fsp3) is 0.769. The minimum atomic E-state index is 0.0193. The molecule has 1 aliphatic rings. The van der Waals surface area contributed by atoms with Gasteiger partial charge >= 0.3 is 0 Å². The van der Waals surface area contributed by atoms with Crippen LogP contribution in [0.15, 0.2) is 11.6 Å². The lowest BCUT2D eigenvalue weighted by atomic mass is 9.62. The van der Waals surface area contributed by atoms with Crippen LogP contribution in [0, 0.1) is 11.3 Å². The average Bonchev–Trinajstić information content (AvgIpc) is 2.01. The van der Waals surface area contributed by atoms with E-state index in [-0.39, 0.29) is 11.3 Å². The number of carbonyl (C=O) groups excluding carboxylic acids is 1. The molecule has 0 atom stereocenters. The molecule has 14 heavy (non-hydrogen) atoms. The zero-order valence-electron chi connectivity index (χ0n) is 9.89. The van der Waals surface area contributed by atoms with Crippen LogP contribution in [-0.4, -0.2) is 5.78 Å². The first-order valence-corrected chi connectivity index (χ1v) is 5.66. The molecular formula is C13H22O. The second kappa shape index (κ2) is 4.29. The molecule has 0 N–H and O–H groups in total. The van der Waals surface area contributed by atoms with E-state index in [2.05, 4.69) is 19.9 Å². The Bertz CT molecular complexity index is 240. The molecule has 0 aromatic heterocycles. The second-order valence-corrected chi connectivity index (χ2v) is 5.14. The second-order valence-electron chi connectivity index (χ2n) is 5.14. The Morgan fingerprint density at radius 1 is 1.36 bits per heavy atom. The van der Waals surface area contributed by atoms with Gasteiger partial charge in [-0.15, -0.1) is 0 Å². The molecule has 1 saturated carbocycles. The van der Waals surface area contributed by atoms with Crippen molar-refractivity contribution >= 4 is 5.78 Å². The van der Waals surface area contributed by atoms with Crippen molar-refractivity contribution in [1.82, 2.24) is 0 Å². The van der Waals surface area contributed by atoms with Crippen LogP contribution in [-0.2, 0) is 4.79 Å². The van der Waals surface area contributed by atoms with E-state index in [4.69, 9.17) is 0 Å². The monoisotopic (exact) mass is 194 g/mol. The average molecular weight is 194 g/mol. The van der Waals surface area contributed by atoms with Gasteiger partial charge in [0.25, 0.3) is 0 Å². The van der Waals surface area contributed by atoms with E-state index < -0.39 is 0 Å². The molecule has 1 rings (SSSR count). The van der Waals surface area contributed by atoms with Gasteiger partial charge in [-0.1, -0.05) is 31.9 Å². The Labute approximate surface area is 87.6 Å². The number of carbonyl (C=O) groups is 1. The van der Waals surface area contributed by atoms with Gasteiger partial charge in [-0.25, -0.2) is 0 Å². The van der Waals surface area contributed by atoms with Crippen molar-refractivity contribution in [3.63, 3.8) is 0 Å². The van der Waals surface area contributed by atoms with Crippen LogP contribution >= 0.6 is 0 Å². The highest BCUT2D eigenvalue weighted by Crippen LogP contribution is 2.46. The highest BCUT2D eigenvalue weighted by molar-refractivity contribution is 5.87. The van der Waals surface area contributed by atoms with Gasteiger partial charge in [0.05, 0.1) is 0 Å². The number of ketones is 1. The number of rotatable bonds is 4. The molecular weight excluding hydrogens is 172 g/mol.